The van der Waals surface area contributed by atoms with Gasteiger partial charge in [0.15, 0.2) is 0 Å². The van der Waals surface area contributed by atoms with E-state index < -0.39 is 0 Å². The maximum absolute atomic E-state index is 2.48. The SMILES string of the molecule is CCCCCCCC(C)CCCCCCCC1CCCCCCC1. The van der Waals surface area contributed by atoms with Crippen LogP contribution in [0.5, 0.6) is 0 Å². The fourth-order valence-corrected chi connectivity index (χ4v) is 4.53. The van der Waals surface area contributed by atoms with Crippen LogP contribution >= 0.6 is 0 Å². The van der Waals surface area contributed by atoms with Crippen molar-refractivity contribution in [2.75, 3.05) is 0 Å². The third-order valence-electron chi connectivity index (χ3n) is 6.33. The van der Waals surface area contributed by atoms with Crippen molar-refractivity contribution in [3.05, 3.63) is 0 Å². The van der Waals surface area contributed by atoms with Gasteiger partial charge < -0.3 is 0 Å². The van der Waals surface area contributed by atoms with E-state index >= 15 is 0 Å². The quantitative estimate of drug-likeness (QED) is 0.277. The molecule has 1 saturated carbocycles. The molecule has 0 amide bonds. The minimum Gasteiger partial charge on any atom is -0.0654 e. The van der Waals surface area contributed by atoms with Crippen LogP contribution in [0.2, 0.25) is 0 Å². The lowest BCUT2D eigenvalue weighted by Crippen LogP contribution is -2.03. The third kappa shape index (κ3) is 13.3. The highest BCUT2D eigenvalue weighted by Crippen LogP contribution is 2.27. The van der Waals surface area contributed by atoms with Gasteiger partial charge in [-0.15, -0.1) is 0 Å². The molecule has 0 bridgehead atoms. The zero-order chi connectivity index (χ0) is 17.3. The summed E-state index contributed by atoms with van der Waals surface area (Å²) in [6.45, 7) is 4.79. The molecule has 24 heavy (non-hydrogen) atoms. The Morgan fingerprint density at radius 1 is 0.625 bits per heavy atom. The predicted molar refractivity (Wildman–Crippen MR) is 111 cm³/mol. The molecule has 1 unspecified atom stereocenters. The molecule has 0 nitrogen and oxygen atoms in total. The van der Waals surface area contributed by atoms with E-state index in [1.165, 1.54) is 128 Å². The first-order valence-electron chi connectivity index (χ1n) is 11.8. The molecule has 0 heteroatoms. The highest BCUT2D eigenvalue weighted by molar-refractivity contribution is 4.64. The van der Waals surface area contributed by atoms with Gasteiger partial charge in [-0.1, -0.05) is 142 Å². The van der Waals surface area contributed by atoms with Crippen LogP contribution in [0.1, 0.15) is 142 Å². The molecule has 0 spiro atoms. The van der Waals surface area contributed by atoms with E-state index in [-0.39, 0.29) is 0 Å². The van der Waals surface area contributed by atoms with Crippen molar-refractivity contribution in [2.24, 2.45) is 11.8 Å². The van der Waals surface area contributed by atoms with Gasteiger partial charge >= 0.3 is 0 Å². The second-order valence-corrected chi connectivity index (χ2v) is 8.86. The fourth-order valence-electron chi connectivity index (χ4n) is 4.53. The monoisotopic (exact) mass is 336 g/mol. The summed E-state index contributed by atoms with van der Waals surface area (Å²) in [6, 6.07) is 0. The topological polar surface area (TPSA) is 0 Å². The Hall–Kier alpha value is 0. The van der Waals surface area contributed by atoms with Gasteiger partial charge in [0.1, 0.15) is 0 Å². The summed E-state index contributed by atoms with van der Waals surface area (Å²) in [7, 11) is 0. The van der Waals surface area contributed by atoms with Crippen molar-refractivity contribution in [3.8, 4) is 0 Å². The standard InChI is InChI=1S/C24H48/c1-3-4-5-8-13-18-23(2)19-14-9-6-10-15-20-24-21-16-11-7-12-17-22-24/h23-24H,3-22H2,1-2H3. The van der Waals surface area contributed by atoms with E-state index in [0.29, 0.717) is 0 Å². The van der Waals surface area contributed by atoms with E-state index in [2.05, 4.69) is 13.8 Å². The predicted octanol–water partition coefficient (Wildman–Crippen LogP) is 9.07. The molecule has 0 aromatic carbocycles. The number of unbranched alkanes of at least 4 members (excludes halogenated alkanes) is 8. The van der Waals surface area contributed by atoms with Crippen molar-refractivity contribution in [2.45, 2.75) is 142 Å². The van der Waals surface area contributed by atoms with Crippen LogP contribution in [-0.2, 0) is 0 Å². The molecule has 0 aromatic rings. The first kappa shape index (κ1) is 22.0. The summed E-state index contributed by atoms with van der Waals surface area (Å²) in [5.74, 6) is 2.06. The van der Waals surface area contributed by atoms with E-state index in [4.69, 9.17) is 0 Å². The molecule has 0 aromatic heterocycles. The van der Waals surface area contributed by atoms with Crippen LogP contribution in [0.4, 0.5) is 0 Å². The van der Waals surface area contributed by atoms with Crippen LogP contribution in [-0.4, -0.2) is 0 Å². The molecule has 1 aliphatic rings. The van der Waals surface area contributed by atoms with E-state index in [1.807, 2.05) is 0 Å². The van der Waals surface area contributed by atoms with Crippen molar-refractivity contribution in [1.82, 2.24) is 0 Å². The van der Waals surface area contributed by atoms with Gasteiger partial charge in [0.05, 0.1) is 0 Å². The van der Waals surface area contributed by atoms with Gasteiger partial charge in [-0.3, -0.25) is 0 Å². The fraction of sp³-hybridized carbons (Fsp3) is 1.00. The molecular formula is C24H48. The summed E-state index contributed by atoms with van der Waals surface area (Å²) in [5.41, 5.74) is 0. The van der Waals surface area contributed by atoms with Crippen molar-refractivity contribution in [1.29, 1.82) is 0 Å². The van der Waals surface area contributed by atoms with Gasteiger partial charge in [-0.2, -0.15) is 0 Å². The summed E-state index contributed by atoms with van der Waals surface area (Å²) in [6.07, 6.45) is 29.8. The summed E-state index contributed by atoms with van der Waals surface area (Å²) < 4.78 is 0. The molecule has 1 fully saturated rings. The summed E-state index contributed by atoms with van der Waals surface area (Å²) in [5, 5.41) is 0. The first-order chi connectivity index (χ1) is 11.8. The third-order valence-corrected chi connectivity index (χ3v) is 6.33. The number of hydrogen-bond acceptors (Lipinski definition) is 0. The maximum Gasteiger partial charge on any atom is -0.0414 e. The Labute approximate surface area is 154 Å². The highest BCUT2D eigenvalue weighted by atomic mass is 14.2. The Morgan fingerprint density at radius 3 is 1.75 bits per heavy atom. The molecule has 0 radical (unpaired) electrons. The van der Waals surface area contributed by atoms with Crippen molar-refractivity contribution in [3.63, 3.8) is 0 Å². The van der Waals surface area contributed by atoms with Crippen LogP contribution in [0.15, 0.2) is 0 Å². The zero-order valence-corrected chi connectivity index (χ0v) is 17.3. The Balaban J connectivity index is 1.84. The van der Waals surface area contributed by atoms with E-state index in [9.17, 15) is 0 Å². The Morgan fingerprint density at radius 2 is 1.12 bits per heavy atom. The molecule has 0 saturated heterocycles. The Kier molecular flexibility index (Phi) is 15.1. The Bertz CT molecular complexity index is 236. The van der Waals surface area contributed by atoms with Crippen molar-refractivity contribution >= 4 is 0 Å². The lowest BCUT2D eigenvalue weighted by atomic mass is 9.87. The van der Waals surface area contributed by atoms with Gasteiger partial charge in [-0.05, 0) is 11.8 Å². The number of rotatable bonds is 14. The molecular weight excluding hydrogens is 288 g/mol. The average molecular weight is 337 g/mol. The van der Waals surface area contributed by atoms with Crippen LogP contribution in [0, 0.1) is 11.8 Å². The second kappa shape index (κ2) is 16.5. The summed E-state index contributed by atoms with van der Waals surface area (Å²) >= 11 is 0. The minimum atomic E-state index is 0.974. The average Bonchev–Trinajstić information content (AvgIpc) is 2.55. The summed E-state index contributed by atoms with van der Waals surface area (Å²) in [4.78, 5) is 0. The largest absolute Gasteiger partial charge is 0.0654 e. The van der Waals surface area contributed by atoms with Gasteiger partial charge in [-0.25, -0.2) is 0 Å². The minimum absolute atomic E-state index is 0.974. The lowest BCUT2D eigenvalue weighted by molar-refractivity contribution is 0.346. The second-order valence-electron chi connectivity index (χ2n) is 8.86. The maximum atomic E-state index is 2.48. The first-order valence-corrected chi connectivity index (χ1v) is 11.8. The lowest BCUT2D eigenvalue weighted by Gasteiger charge is -2.19. The van der Waals surface area contributed by atoms with Crippen LogP contribution < -0.4 is 0 Å². The van der Waals surface area contributed by atoms with Crippen molar-refractivity contribution < 1.29 is 0 Å². The molecule has 0 aliphatic heterocycles. The smallest absolute Gasteiger partial charge is 0.0414 e. The zero-order valence-electron chi connectivity index (χ0n) is 17.3. The van der Waals surface area contributed by atoms with Gasteiger partial charge in [0, 0.05) is 0 Å². The van der Waals surface area contributed by atoms with Crippen LogP contribution in [0.25, 0.3) is 0 Å². The molecule has 1 atom stereocenters. The molecule has 1 aliphatic carbocycles. The normalized spacial score (nSPS) is 18.2. The van der Waals surface area contributed by atoms with Gasteiger partial charge in [0.25, 0.3) is 0 Å². The molecule has 144 valence electrons. The van der Waals surface area contributed by atoms with E-state index in [1.54, 1.807) is 0 Å². The van der Waals surface area contributed by atoms with E-state index in [0.717, 1.165) is 11.8 Å². The van der Waals surface area contributed by atoms with Gasteiger partial charge in [0.2, 0.25) is 0 Å². The molecule has 0 N–H and O–H groups in total. The molecule has 0 heterocycles. The van der Waals surface area contributed by atoms with Crippen LogP contribution in [0.3, 0.4) is 0 Å². The number of hydrogen-bond donors (Lipinski definition) is 0. The highest BCUT2D eigenvalue weighted by Gasteiger charge is 2.10. The molecule has 1 rings (SSSR count).